The van der Waals surface area contributed by atoms with E-state index in [9.17, 15) is 14.0 Å². The van der Waals surface area contributed by atoms with Crippen molar-refractivity contribution in [3.05, 3.63) is 68.4 Å². The van der Waals surface area contributed by atoms with Gasteiger partial charge in [0.05, 0.1) is 15.8 Å². The molecule has 0 saturated carbocycles. The fourth-order valence-corrected chi connectivity index (χ4v) is 4.76. The quantitative estimate of drug-likeness (QED) is 0.348. The minimum absolute atomic E-state index is 0.00829. The third kappa shape index (κ3) is 8.06. The molecular formula is C24H28Cl3FN2O2S. The number of benzene rings is 2. The molecule has 0 aliphatic carbocycles. The molecule has 2 aromatic carbocycles. The summed E-state index contributed by atoms with van der Waals surface area (Å²) in [5.41, 5.74) is 1.12. The Balaban J connectivity index is 2.21. The lowest BCUT2D eigenvalue weighted by molar-refractivity contribution is -0.139. The highest BCUT2D eigenvalue weighted by molar-refractivity contribution is 7.99. The van der Waals surface area contributed by atoms with E-state index in [1.54, 1.807) is 29.2 Å². The van der Waals surface area contributed by atoms with Crippen molar-refractivity contribution in [3.8, 4) is 0 Å². The van der Waals surface area contributed by atoms with Gasteiger partial charge < -0.3 is 10.2 Å². The van der Waals surface area contributed by atoms with Crippen LogP contribution in [0.5, 0.6) is 0 Å². The van der Waals surface area contributed by atoms with Gasteiger partial charge >= 0.3 is 0 Å². The molecule has 2 amide bonds. The maximum absolute atomic E-state index is 14.1. The summed E-state index contributed by atoms with van der Waals surface area (Å²) in [6.45, 7) is 5.96. The molecule has 2 atom stereocenters. The van der Waals surface area contributed by atoms with Gasteiger partial charge in [0, 0.05) is 28.9 Å². The summed E-state index contributed by atoms with van der Waals surface area (Å²) in [5, 5.41) is 4.08. The standard InChI is InChI=1S/C24H28Cl3FN2O2S/c1-4-15(3)29-24(32)22(5-2)30(12-16-9-10-19(26)20(27)11-16)23(31)14-33-13-17-18(25)7-6-8-21(17)28/h6-11,15,22H,4-5,12-14H2,1-3H3,(H,29,32)/t15-,22+/m0/s1. The molecule has 180 valence electrons. The van der Waals surface area contributed by atoms with Gasteiger partial charge in [-0.3, -0.25) is 9.59 Å². The van der Waals surface area contributed by atoms with Crippen molar-refractivity contribution in [1.29, 1.82) is 0 Å². The molecule has 4 nitrogen and oxygen atoms in total. The lowest BCUT2D eigenvalue weighted by Gasteiger charge is -2.31. The highest BCUT2D eigenvalue weighted by Gasteiger charge is 2.29. The van der Waals surface area contributed by atoms with Gasteiger partial charge in [-0.1, -0.05) is 60.8 Å². The lowest BCUT2D eigenvalue weighted by atomic mass is 10.1. The van der Waals surface area contributed by atoms with E-state index in [-0.39, 0.29) is 35.9 Å². The maximum atomic E-state index is 14.1. The van der Waals surface area contributed by atoms with Gasteiger partial charge in [0.15, 0.2) is 0 Å². The normalized spacial score (nSPS) is 12.8. The van der Waals surface area contributed by atoms with Crippen molar-refractivity contribution in [3.63, 3.8) is 0 Å². The van der Waals surface area contributed by atoms with E-state index >= 15 is 0 Å². The Kier molecular flexibility index (Phi) is 11.3. The van der Waals surface area contributed by atoms with Gasteiger partial charge in [0.2, 0.25) is 11.8 Å². The van der Waals surface area contributed by atoms with Crippen molar-refractivity contribution >= 4 is 58.4 Å². The molecule has 0 fully saturated rings. The molecule has 0 aliphatic heterocycles. The number of halogens is 4. The lowest BCUT2D eigenvalue weighted by Crippen LogP contribution is -2.51. The summed E-state index contributed by atoms with van der Waals surface area (Å²) in [7, 11) is 0. The van der Waals surface area contributed by atoms with E-state index < -0.39 is 11.9 Å². The monoisotopic (exact) mass is 532 g/mol. The largest absolute Gasteiger partial charge is 0.352 e. The Labute approximate surface area is 214 Å². The van der Waals surface area contributed by atoms with Gasteiger partial charge in [-0.2, -0.15) is 0 Å². The van der Waals surface area contributed by atoms with E-state index in [2.05, 4.69) is 5.32 Å². The number of hydrogen-bond donors (Lipinski definition) is 1. The van der Waals surface area contributed by atoms with Crippen LogP contribution >= 0.6 is 46.6 Å². The number of thioether (sulfide) groups is 1. The molecule has 1 N–H and O–H groups in total. The van der Waals surface area contributed by atoms with Crippen molar-refractivity contribution in [2.24, 2.45) is 0 Å². The summed E-state index contributed by atoms with van der Waals surface area (Å²) >= 11 is 19.5. The Bertz CT molecular complexity index is 956. The fraction of sp³-hybridized carbons (Fsp3) is 0.417. The first-order valence-electron chi connectivity index (χ1n) is 10.7. The highest BCUT2D eigenvalue weighted by atomic mass is 35.5. The third-order valence-electron chi connectivity index (χ3n) is 5.26. The molecule has 0 aromatic heterocycles. The summed E-state index contributed by atoms with van der Waals surface area (Å²) in [6, 6.07) is 8.96. The number of amides is 2. The Morgan fingerprint density at radius 2 is 1.79 bits per heavy atom. The number of hydrogen-bond acceptors (Lipinski definition) is 3. The molecule has 0 aliphatic rings. The first-order chi connectivity index (χ1) is 15.7. The zero-order valence-electron chi connectivity index (χ0n) is 18.8. The van der Waals surface area contributed by atoms with Crippen LogP contribution in [0, 0.1) is 5.82 Å². The fourth-order valence-electron chi connectivity index (χ4n) is 3.19. The molecule has 2 rings (SSSR count). The Hall–Kier alpha value is -1.47. The van der Waals surface area contributed by atoms with Gasteiger partial charge in [-0.25, -0.2) is 4.39 Å². The van der Waals surface area contributed by atoms with Crippen LogP contribution in [0.4, 0.5) is 4.39 Å². The summed E-state index contributed by atoms with van der Waals surface area (Å²) in [5.74, 6) is -0.533. The zero-order chi connectivity index (χ0) is 24.5. The number of nitrogens with one attached hydrogen (secondary N) is 1. The van der Waals surface area contributed by atoms with E-state index in [4.69, 9.17) is 34.8 Å². The molecule has 0 unspecified atom stereocenters. The molecule has 0 heterocycles. The number of carbonyl (C=O) groups is 2. The predicted octanol–water partition coefficient (Wildman–Crippen LogP) is 6.74. The van der Waals surface area contributed by atoms with Gasteiger partial charge in [-0.05, 0) is 49.6 Å². The second-order valence-electron chi connectivity index (χ2n) is 7.71. The van der Waals surface area contributed by atoms with Crippen LogP contribution in [0.2, 0.25) is 15.1 Å². The number of rotatable bonds is 11. The van der Waals surface area contributed by atoms with Crippen molar-refractivity contribution < 1.29 is 14.0 Å². The molecule has 0 spiro atoms. The molecule has 2 aromatic rings. The molecule has 0 radical (unpaired) electrons. The van der Waals surface area contributed by atoms with Crippen LogP contribution in [0.15, 0.2) is 36.4 Å². The molecule has 9 heteroatoms. The van der Waals surface area contributed by atoms with Gasteiger partial charge in [0.25, 0.3) is 0 Å². The van der Waals surface area contributed by atoms with Crippen LogP contribution in [0.25, 0.3) is 0 Å². The second kappa shape index (κ2) is 13.4. The Morgan fingerprint density at radius 3 is 2.39 bits per heavy atom. The van der Waals surface area contributed by atoms with Crippen LogP contribution in [-0.2, 0) is 21.9 Å². The van der Waals surface area contributed by atoms with E-state index in [0.717, 1.165) is 12.0 Å². The first-order valence-corrected chi connectivity index (χ1v) is 13.0. The van der Waals surface area contributed by atoms with Crippen LogP contribution in [0.3, 0.4) is 0 Å². The van der Waals surface area contributed by atoms with Crippen LogP contribution in [0.1, 0.15) is 44.7 Å². The van der Waals surface area contributed by atoms with E-state index in [0.29, 0.717) is 27.1 Å². The predicted molar refractivity (Wildman–Crippen MR) is 137 cm³/mol. The number of nitrogens with zero attached hydrogens (tertiary/aromatic N) is 1. The van der Waals surface area contributed by atoms with Gasteiger partial charge in [0.1, 0.15) is 11.9 Å². The number of carbonyl (C=O) groups excluding carboxylic acids is 2. The van der Waals surface area contributed by atoms with Crippen molar-refractivity contribution in [2.75, 3.05) is 5.75 Å². The average Bonchev–Trinajstić information content (AvgIpc) is 2.77. The first kappa shape index (κ1) is 27.8. The smallest absolute Gasteiger partial charge is 0.243 e. The SMILES string of the molecule is CC[C@H](C(=O)N[C@@H](C)CC)N(Cc1ccc(Cl)c(Cl)c1)C(=O)CSCc1c(F)cccc1Cl. The van der Waals surface area contributed by atoms with Crippen molar-refractivity contribution in [1.82, 2.24) is 10.2 Å². The van der Waals surface area contributed by atoms with Crippen LogP contribution < -0.4 is 5.32 Å². The highest BCUT2D eigenvalue weighted by Crippen LogP contribution is 2.26. The zero-order valence-corrected chi connectivity index (χ0v) is 21.9. The Morgan fingerprint density at radius 1 is 1.06 bits per heavy atom. The minimum Gasteiger partial charge on any atom is -0.352 e. The second-order valence-corrected chi connectivity index (χ2v) is 9.91. The summed E-state index contributed by atoms with van der Waals surface area (Å²) in [6.07, 6.45) is 1.22. The maximum Gasteiger partial charge on any atom is 0.243 e. The summed E-state index contributed by atoms with van der Waals surface area (Å²) < 4.78 is 14.1. The minimum atomic E-state index is -0.654. The topological polar surface area (TPSA) is 49.4 Å². The molecule has 0 bridgehead atoms. The molecule has 0 saturated heterocycles. The third-order valence-corrected chi connectivity index (χ3v) is 7.29. The summed E-state index contributed by atoms with van der Waals surface area (Å²) in [4.78, 5) is 27.8. The van der Waals surface area contributed by atoms with E-state index in [1.807, 2.05) is 20.8 Å². The van der Waals surface area contributed by atoms with Gasteiger partial charge in [-0.15, -0.1) is 11.8 Å². The van der Waals surface area contributed by atoms with E-state index in [1.165, 1.54) is 23.9 Å². The molecular weight excluding hydrogens is 506 g/mol. The van der Waals surface area contributed by atoms with Crippen LogP contribution in [-0.4, -0.2) is 34.6 Å². The average molecular weight is 534 g/mol. The van der Waals surface area contributed by atoms with Crippen molar-refractivity contribution in [2.45, 2.75) is 58.0 Å². The molecule has 33 heavy (non-hydrogen) atoms.